The first kappa shape index (κ1) is 21.3. The minimum atomic E-state index is -0.868. The predicted octanol–water partition coefficient (Wildman–Crippen LogP) is 2.49. The molecule has 0 fully saturated rings. The third kappa shape index (κ3) is 3.48. The first-order valence-corrected chi connectivity index (χ1v) is 10.6. The summed E-state index contributed by atoms with van der Waals surface area (Å²) >= 11 is 0. The van der Waals surface area contributed by atoms with Gasteiger partial charge in [0.15, 0.2) is 5.69 Å². The zero-order valence-corrected chi connectivity index (χ0v) is 17.9. The summed E-state index contributed by atoms with van der Waals surface area (Å²) in [5.74, 6) is -1.49. The van der Waals surface area contributed by atoms with E-state index in [-0.39, 0.29) is 29.9 Å². The number of aromatic hydroxyl groups is 1. The lowest BCUT2D eigenvalue weighted by atomic mass is 9.87. The molecule has 0 aliphatic carbocycles. The molecule has 0 bridgehead atoms. The summed E-state index contributed by atoms with van der Waals surface area (Å²) in [7, 11) is 1.75. The Labute approximate surface area is 188 Å². The summed E-state index contributed by atoms with van der Waals surface area (Å²) in [5.41, 5.74) is -0.155. The molecule has 0 radical (unpaired) electrons. The van der Waals surface area contributed by atoms with Gasteiger partial charge in [0.1, 0.15) is 17.5 Å². The van der Waals surface area contributed by atoms with Crippen LogP contribution in [0.4, 0.5) is 8.78 Å². The van der Waals surface area contributed by atoms with Crippen molar-refractivity contribution in [2.45, 2.75) is 31.0 Å². The number of benzene rings is 2. The quantitative estimate of drug-likeness (QED) is 0.621. The number of aromatic nitrogens is 2. The van der Waals surface area contributed by atoms with E-state index >= 15 is 0 Å². The largest absolute Gasteiger partial charge is 0.501 e. The molecule has 7 nitrogen and oxygen atoms in total. The third-order valence-corrected chi connectivity index (χ3v) is 6.59. The van der Waals surface area contributed by atoms with Crippen LogP contribution >= 0.6 is 0 Å². The molecule has 33 heavy (non-hydrogen) atoms. The average Bonchev–Trinajstić information content (AvgIpc) is 3.10. The number of hydrogen-bond donors (Lipinski definition) is 2. The molecule has 5 rings (SSSR count). The van der Waals surface area contributed by atoms with Crippen LogP contribution in [0, 0.1) is 11.6 Å². The lowest BCUT2D eigenvalue weighted by Crippen LogP contribution is -2.43. The molecule has 1 amide bonds. The molecule has 2 aliphatic rings. The lowest BCUT2D eigenvalue weighted by Gasteiger charge is -2.33. The zero-order valence-electron chi connectivity index (χ0n) is 17.9. The average molecular weight is 452 g/mol. The number of carbonyl (C=O) groups is 1. The van der Waals surface area contributed by atoms with Crippen molar-refractivity contribution in [2.24, 2.45) is 0 Å². The second-order valence-corrected chi connectivity index (χ2v) is 8.61. The van der Waals surface area contributed by atoms with Crippen LogP contribution in [0.3, 0.4) is 0 Å². The Balaban J connectivity index is 1.57. The number of likely N-dealkylation sites (N-methyl/N-ethyl adjacent to an activating group) is 1. The highest BCUT2D eigenvalue weighted by molar-refractivity contribution is 5.96. The van der Waals surface area contributed by atoms with Gasteiger partial charge in [-0.3, -0.25) is 9.59 Å². The normalized spacial score (nSPS) is 21.4. The van der Waals surface area contributed by atoms with Crippen LogP contribution < -0.4 is 10.9 Å². The number of halogens is 2. The molecule has 2 aliphatic heterocycles. The zero-order chi connectivity index (χ0) is 23.3. The maximum absolute atomic E-state index is 13.4. The summed E-state index contributed by atoms with van der Waals surface area (Å²) in [4.78, 5) is 31.6. The van der Waals surface area contributed by atoms with Crippen molar-refractivity contribution in [3.05, 3.63) is 93.2 Å². The van der Waals surface area contributed by atoms with E-state index in [1.807, 2.05) is 0 Å². The van der Waals surface area contributed by atoms with E-state index in [2.05, 4.69) is 10.3 Å². The van der Waals surface area contributed by atoms with Crippen LogP contribution in [0.2, 0.25) is 0 Å². The standard InChI is InChI=1S/C24H22F2N4O3/c1-27-24(10-14-2-6-16(25)7-3-14)11-18-13-29(12-15-4-8-17(26)9-5-15)22(33)19-20(31)21(32)28-23(24)30(18)19/h2-9,18,27,31H,10-13H2,1H3. The van der Waals surface area contributed by atoms with Gasteiger partial charge in [-0.05, 0) is 55.3 Å². The molecular formula is C24H22F2N4O3. The summed E-state index contributed by atoms with van der Waals surface area (Å²) < 4.78 is 28.4. The van der Waals surface area contributed by atoms with E-state index in [1.165, 1.54) is 24.3 Å². The van der Waals surface area contributed by atoms with Gasteiger partial charge < -0.3 is 19.9 Å². The fourth-order valence-corrected chi connectivity index (χ4v) is 4.99. The number of nitrogens with one attached hydrogen (secondary N) is 1. The van der Waals surface area contributed by atoms with Crippen molar-refractivity contribution in [2.75, 3.05) is 13.6 Å². The van der Waals surface area contributed by atoms with Crippen LogP contribution in [0.5, 0.6) is 5.75 Å². The predicted molar refractivity (Wildman–Crippen MR) is 116 cm³/mol. The SMILES string of the molecule is CNC1(Cc2ccc(F)cc2)CC2CN(Cc3ccc(F)cc3)C(=O)c3c(O)c(=O)nc1n32. The second kappa shape index (κ2) is 7.77. The molecule has 2 atom stereocenters. The number of carbonyl (C=O) groups excluding carboxylic acids is 1. The smallest absolute Gasteiger partial charge is 0.315 e. The molecule has 3 heterocycles. The Morgan fingerprint density at radius 3 is 2.27 bits per heavy atom. The molecule has 9 heteroatoms. The molecule has 2 unspecified atom stereocenters. The Morgan fingerprint density at radius 1 is 1.06 bits per heavy atom. The van der Waals surface area contributed by atoms with Crippen molar-refractivity contribution in [1.29, 1.82) is 0 Å². The molecule has 0 saturated heterocycles. The fraction of sp³-hybridized carbons (Fsp3) is 0.292. The van der Waals surface area contributed by atoms with Crippen LogP contribution in [0.25, 0.3) is 0 Å². The van der Waals surface area contributed by atoms with Gasteiger partial charge in [-0.15, -0.1) is 0 Å². The van der Waals surface area contributed by atoms with Crippen LogP contribution in [0.15, 0.2) is 53.3 Å². The van der Waals surface area contributed by atoms with Crippen molar-refractivity contribution in [3.8, 4) is 5.75 Å². The number of nitrogens with zero attached hydrogens (tertiary/aromatic N) is 3. The topological polar surface area (TPSA) is 87.5 Å². The Bertz CT molecular complexity index is 1290. The molecule has 2 N–H and O–H groups in total. The number of rotatable bonds is 5. The lowest BCUT2D eigenvalue weighted by molar-refractivity contribution is 0.0646. The molecule has 170 valence electrons. The summed E-state index contributed by atoms with van der Waals surface area (Å²) in [5, 5.41) is 13.8. The Kier molecular flexibility index (Phi) is 5.01. The monoisotopic (exact) mass is 452 g/mol. The van der Waals surface area contributed by atoms with Crippen molar-refractivity contribution < 1.29 is 18.7 Å². The third-order valence-electron chi connectivity index (χ3n) is 6.59. The summed E-state index contributed by atoms with van der Waals surface area (Å²) in [6, 6.07) is 11.7. The minimum absolute atomic E-state index is 0.0837. The molecule has 0 spiro atoms. The van der Waals surface area contributed by atoms with Gasteiger partial charge in [-0.1, -0.05) is 24.3 Å². The van der Waals surface area contributed by atoms with Crippen molar-refractivity contribution in [1.82, 2.24) is 19.8 Å². The maximum atomic E-state index is 13.4. The minimum Gasteiger partial charge on any atom is -0.501 e. The van der Waals surface area contributed by atoms with Gasteiger partial charge in [-0.2, -0.15) is 4.98 Å². The van der Waals surface area contributed by atoms with Gasteiger partial charge in [-0.25, -0.2) is 8.78 Å². The molecule has 3 aromatic rings. The Morgan fingerprint density at radius 2 is 1.67 bits per heavy atom. The van der Waals surface area contributed by atoms with E-state index in [0.717, 1.165) is 11.1 Å². The molecular weight excluding hydrogens is 430 g/mol. The van der Waals surface area contributed by atoms with Gasteiger partial charge in [0, 0.05) is 13.1 Å². The van der Waals surface area contributed by atoms with Gasteiger partial charge in [0.25, 0.3) is 5.91 Å². The molecule has 1 aromatic heterocycles. The Hall–Kier alpha value is -3.59. The second-order valence-electron chi connectivity index (χ2n) is 8.61. The van der Waals surface area contributed by atoms with E-state index in [4.69, 9.17) is 0 Å². The number of amides is 1. The highest BCUT2D eigenvalue weighted by Crippen LogP contribution is 2.44. The van der Waals surface area contributed by atoms with E-state index < -0.39 is 22.8 Å². The van der Waals surface area contributed by atoms with Crippen molar-refractivity contribution >= 4 is 5.91 Å². The van der Waals surface area contributed by atoms with Crippen LogP contribution in [-0.4, -0.2) is 39.1 Å². The number of hydrogen-bond acceptors (Lipinski definition) is 5. The highest BCUT2D eigenvalue weighted by atomic mass is 19.1. The van der Waals surface area contributed by atoms with Crippen LogP contribution in [-0.2, 0) is 18.5 Å². The van der Waals surface area contributed by atoms with Crippen molar-refractivity contribution in [3.63, 3.8) is 0 Å². The first-order valence-electron chi connectivity index (χ1n) is 10.6. The van der Waals surface area contributed by atoms with E-state index in [9.17, 15) is 23.5 Å². The fourth-order valence-electron chi connectivity index (χ4n) is 4.99. The van der Waals surface area contributed by atoms with Gasteiger partial charge in [0.05, 0.1) is 11.6 Å². The van der Waals surface area contributed by atoms with Crippen LogP contribution in [0.1, 0.15) is 39.9 Å². The van der Waals surface area contributed by atoms with E-state index in [1.54, 1.807) is 40.8 Å². The van der Waals surface area contributed by atoms with E-state index in [0.29, 0.717) is 25.2 Å². The molecule has 2 aromatic carbocycles. The highest BCUT2D eigenvalue weighted by Gasteiger charge is 2.50. The summed E-state index contributed by atoms with van der Waals surface area (Å²) in [6.45, 7) is 0.554. The summed E-state index contributed by atoms with van der Waals surface area (Å²) in [6.07, 6.45) is 0.931. The maximum Gasteiger partial charge on any atom is 0.315 e. The van der Waals surface area contributed by atoms with Gasteiger partial charge in [0.2, 0.25) is 5.75 Å². The van der Waals surface area contributed by atoms with Gasteiger partial charge >= 0.3 is 5.56 Å². The first-order chi connectivity index (χ1) is 15.8. The molecule has 0 saturated carbocycles.